The SMILES string of the molecule is CCOc1ccc(-c2cc3c(=O)n(CC(=O)Nc4cccc(C)c4)ccn3n2)cc1. The van der Waals surface area contributed by atoms with Crippen molar-refractivity contribution < 1.29 is 9.53 Å². The molecule has 0 bridgehead atoms. The summed E-state index contributed by atoms with van der Waals surface area (Å²) in [5.74, 6) is 0.519. The highest BCUT2D eigenvalue weighted by atomic mass is 16.5. The fourth-order valence-electron chi connectivity index (χ4n) is 3.26. The van der Waals surface area contributed by atoms with E-state index in [0.29, 0.717) is 23.5 Å². The van der Waals surface area contributed by atoms with Crippen LogP contribution in [0.25, 0.3) is 16.8 Å². The largest absolute Gasteiger partial charge is 0.494 e. The smallest absolute Gasteiger partial charge is 0.277 e. The van der Waals surface area contributed by atoms with Crippen molar-refractivity contribution in [2.75, 3.05) is 11.9 Å². The Hall–Kier alpha value is -3.87. The molecule has 7 heteroatoms. The lowest BCUT2D eigenvalue weighted by molar-refractivity contribution is -0.116. The average molecular weight is 402 g/mol. The van der Waals surface area contributed by atoms with E-state index in [2.05, 4.69) is 10.4 Å². The maximum atomic E-state index is 12.9. The lowest BCUT2D eigenvalue weighted by atomic mass is 10.1. The summed E-state index contributed by atoms with van der Waals surface area (Å²) in [4.78, 5) is 25.2. The maximum absolute atomic E-state index is 12.9. The highest BCUT2D eigenvalue weighted by Crippen LogP contribution is 2.22. The zero-order chi connectivity index (χ0) is 21.1. The van der Waals surface area contributed by atoms with Crippen molar-refractivity contribution in [3.05, 3.63) is 82.9 Å². The first-order valence-electron chi connectivity index (χ1n) is 9.72. The molecule has 0 aliphatic rings. The van der Waals surface area contributed by atoms with Crippen LogP contribution in [-0.2, 0) is 11.3 Å². The zero-order valence-corrected chi connectivity index (χ0v) is 16.8. The van der Waals surface area contributed by atoms with Gasteiger partial charge >= 0.3 is 0 Å². The zero-order valence-electron chi connectivity index (χ0n) is 16.8. The number of rotatable bonds is 6. The van der Waals surface area contributed by atoms with Gasteiger partial charge in [-0.3, -0.25) is 9.59 Å². The Labute approximate surface area is 173 Å². The normalized spacial score (nSPS) is 10.9. The minimum absolute atomic E-state index is 0.0765. The molecule has 0 saturated heterocycles. The van der Waals surface area contributed by atoms with Crippen LogP contribution in [0.2, 0.25) is 0 Å². The van der Waals surface area contributed by atoms with E-state index in [1.807, 2.05) is 62.4 Å². The molecule has 152 valence electrons. The predicted molar refractivity (Wildman–Crippen MR) is 116 cm³/mol. The quantitative estimate of drug-likeness (QED) is 0.535. The van der Waals surface area contributed by atoms with Crippen LogP contribution in [0.5, 0.6) is 5.75 Å². The van der Waals surface area contributed by atoms with Gasteiger partial charge in [0, 0.05) is 23.6 Å². The van der Waals surface area contributed by atoms with Crippen LogP contribution in [0, 0.1) is 6.92 Å². The molecule has 4 aromatic rings. The van der Waals surface area contributed by atoms with E-state index in [9.17, 15) is 9.59 Å². The van der Waals surface area contributed by atoms with Crippen molar-refractivity contribution in [3.8, 4) is 17.0 Å². The molecule has 0 saturated carbocycles. The van der Waals surface area contributed by atoms with Crippen molar-refractivity contribution in [2.24, 2.45) is 0 Å². The van der Waals surface area contributed by atoms with E-state index in [1.165, 1.54) is 9.08 Å². The number of aryl methyl sites for hydroxylation is 1. The van der Waals surface area contributed by atoms with Crippen molar-refractivity contribution in [2.45, 2.75) is 20.4 Å². The summed E-state index contributed by atoms with van der Waals surface area (Å²) < 4.78 is 8.37. The summed E-state index contributed by atoms with van der Waals surface area (Å²) in [6.45, 7) is 4.41. The van der Waals surface area contributed by atoms with E-state index in [-0.39, 0.29) is 18.0 Å². The summed E-state index contributed by atoms with van der Waals surface area (Å²) in [5, 5.41) is 7.30. The third kappa shape index (κ3) is 4.10. The Balaban J connectivity index is 1.56. The van der Waals surface area contributed by atoms with Crippen LogP contribution in [0.15, 0.2) is 71.8 Å². The Morgan fingerprint density at radius 1 is 1.10 bits per heavy atom. The Morgan fingerprint density at radius 2 is 1.90 bits per heavy atom. The number of ether oxygens (including phenoxy) is 1. The number of hydrogen-bond acceptors (Lipinski definition) is 4. The average Bonchev–Trinajstić information content (AvgIpc) is 3.16. The van der Waals surface area contributed by atoms with Gasteiger partial charge in [0.1, 0.15) is 17.8 Å². The van der Waals surface area contributed by atoms with Crippen LogP contribution in [0.4, 0.5) is 5.69 Å². The molecule has 0 aliphatic carbocycles. The summed E-state index contributed by atoms with van der Waals surface area (Å²) in [7, 11) is 0. The summed E-state index contributed by atoms with van der Waals surface area (Å²) >= 11 is 0. The number of nitrogens with one attached hydrogen (secondary N) is 1. The van der Waals surface area contributed by atoms with Gasteiger partial charge in [0.25, 0.3) is 5.56 Å². The van der Waals surface area contributed by atoms with Crippen LogP contribution < -0.4 is 15.6 Å². The first-order chi connectivity index (χ1) is 14.5. The molecule has 2 heterocycles. The van der Waals surface area contributed by atoms with E-state index in [1.54, 1.807) is 18.5 Å². The molecule has 2 aromatic carbocycles. The molecular formula is C23H22N4O3. The predicted octanol–water partition coefficient (Wildman–Crippen LogP) is 3.51. The summed E-state index contributed by atoms with van der Waals surface area (Å²) in [6.07, 6.45) is 3.24. The molecule has 0 radical (unpaired) electrons. The standard InChI is InChI=1S/C23H22N4O3/c1-3-30-19-9-7-17(8-10-19)20-14-21-23(29)26(11-12-27(21)25-20)15-22(28)24-18-6-4-5-16(2)13-18/h4-14H,3,15H2,1-2H3,(H,24,28). The molecule has 4 rings (SSSR count). The number of anilines is 1. The molecule has 2 aromatic heterocycles. The van der Waals surface area contributed by atoms with Gasteiger partial charge < -0.3 is 14.6 Å². The van der Waals surface area contributed by atoms with E-state index in [4.69, 9.17) is 4.74 Å². The van der Waals surface area contributed by atoms with Gasteiger partial charge in [0.05, 0.1) is 12.3 Å². The number of hydrogen-bond donors (Lipinski definition) is 1. The van der Waals surface area contributed by atoms with E-state index < -0.39 is 0 Å². The van der Waals surface area contributed by atoms with Gasteiger partial charge in [-0.1, -0.05) is 12.1 Å². The van der Waals surface area contributed by atoms with Gasteiger partial charge in [-0.05, 0) is 61.9 Å². The third-order valence-electron chi connectivity index (χ3n) is 4.68. The van der Waals surface area contributed by atoms with E-state index in [0.717, 1.165) is 16.9 Å². The number of nitrogens with zero attached hydrogens (tertiary/aromatic N) is 3. The van der Waals surface area contributed by atoms with Crippen molar-refractivity contribution in [3.63, 3.8) is 0 Å². The number of amides is 1. The molecule has 30 heavy (non-hydrogen) atoms. The van der Waals surface area contributed by atoms with Gasteiger partial charge in [-0.15, -0.1) is 0 Å². The molecule has 7 nitrogen and oxygen atoms in total. The fourth-order valence-corrected chi connectivity index (χ4v) is 3.26. The van der Waals surface area contributed by atoms with Gasteiger partial charge in [0.15, 0.2) is 0 Å². The summed E-state index contributed by atoms with van der Waals surface area (Å²) in [5.41, 5.74) is 3.44. The van der Waals surface area contributed by atoms with Gasteiger partial charge in [-0.25, -0.2) is 4.52 Å². The van der Waals surface area contributed by atoms with Crippen molar-refractivity contribution >= 4 is 17.1 Å². The minimum atomic E-state index is -0.276. The second-order valence-electron chi connectivity index (χ2n) is 6.97. The van der Waals surface area contributed by atoms with Crippen molar-refractivity contribution in [1.82, 2.24) is 14.2 Å². The molecule has 0 aliphatic heterocycles. The number of carbonyl (C=O) groups is 1. The van der Waals surface area contributed by atoms with Crippen LogP contribution in [-0.4, -0.2) is 26.7 Å². The number of benzene rings is 2. The lowest BCUT2D eigenvalue weighted by Crippen LogP contribution is -2.28. The van der Waals surface area contributed by atoms with Gasteiger partial charge in [-0.2, -0.15) is 5.10 Å². The first-order valence-corrected chi connectivity index (χ1v) is 9.72. The minimum Gasteiger partial charge on any atom is -0.494 e. The maximum Gasteiger partial charge on any atom is 0.277 e. The Morgan fingerprint density at radius 3 is 2.63 bits per heavy atom. The second kappa shape index (κ2) is 8.24. The molecular weight excluding hydrogens is 380 g/mol. The lowest BCUT2D eigenvalue weighted by Gasteiger charge is -2.08. The van der Waals surface area contributed by atoms with Crippen LogP contribution >= 0.6 is 0 Å². The number of aromatic nitrogens is 3. The highest BCUT2D eigenvalue weighted by molar-refractivity contribution is 5.90. The third-order valence-corrected chi connectivity index (χ3v) is 4.68. The second-order valence-corrected chi connectivity index (χ2v) is 6.97. The van der Waals surface area contributed by atoms with Crippen LogP contribution in [0.3, 0.4) is 0 Å². The molecule has 0 spiro atoms. The summed E-state index contributed by atoms with van der Waals surface area (Å²) in [6, 6.07) is 16.8. The molecule has 1 amide bonds. The Bertz CT molecular complexity index is 1260. The van der Waals surface area contributed by atoms with E-state index >= 15 is 0 Å². The molecule has 0 unspecified atom stereocenters. The van der Waals surface area contributed by atoms with Crippen molar-refractivity contribution in [1.29, 1.82) is 0 Å². The Kier molecular flexibility index (Phi) is 5.34. The first kappa shape index (κ1) is 19.4. The highest BCUT2D eigenvalue weighted by Gasteiger charge is 2.12. The molecule has 1 N–H and O–H groups in total. The van der Waals surface area contributed by atoms with Crippen LogP contribution in [0.1, 0.15) is 12.5 Å². The topological polar surface area (TPSA) is 77.6 Å². The van der Waals surface area contributed by atoms with Gasteiger partial charge in [0.2, 0.25) is 5.91 Å². The number of fused-ring (bicyclic) bond motifs is 1. The molecule has 0 fully saturated rings. The molecule has 0 atom stereocenters. The monoisotopic (exact) mass is 402 g/mol. The number of carbonyl (C=O) groups excluding carboxylic acids is 1. The fraction of sp³-hybridized carbons (Fsp3) is 0.174.